The van der Waals surface area contributed by atoms with Crippen molar-refractivity contribution in [3.63, 3.8) is 0 Å². The Morgan fingerprint density at radius 3 is 2.67 bits per heavy atom. The zero-order valence-corrected chi connectivity index (χ0v) is 12.5. The van der Waals surface area contributed by atoms with Gasteiger partial charge >= 0.3 is 0 Å². The van der Waals surface area contributed by atoms with Crippen molar-refractivity contribution in [2.24, 2.45) is 0 Å². The summed E-state index contributed by atoms with van der Waals surface area (Å²) in [6, 6.07) is 3.96. The lowest BCUT2D eigenvalue weighted by molar-refractivity contribution is 0.0883. The number of pyridine rings is 1. The fourth-order valence-electron chi connectivity index (χ4n) is 2.47. The minimum atomic E-state index is 0.237. The quantitative estimate of drug-likeness (QED) is 0.858. The molecule has 1 aliphatic rings. The third-order valence-electron chi connectivity index (χ3n) is 3.63. The van der Waals surface area contributed by atoms with Gasteiger partial charge in [-0.25, -0.2) is 4.98 Å². The van der Waals surface area contributed by atoms with Crippen molar-refractivity contribution in [1.29, 1.82) is 0 Å². The van der Waals surface area contributed by atoms with Crippen LogP contribution in [-0.2, 0) is 6.54 Å². The van der Waals surface area contributed by atoms with Gasteiger partial charge in [0, 0.05) is 32.3 Å². The van der Waals surface area contributed by atoms with Gasteiger partial charge in [0.05, 0.1) is 6.54 Å². The highest BCUT2D eigenvalue weighted by atomic mass is 16.5. The average Bonchev–Trinajstić information content (AvgIpc) is 2.89. The summed E-state index contributed by atoms with van der Waals surface area (Å²) in [5, 5.41) is 7.89. The Balaban J connectivity index is 1.47. The van der Waals surface area contributed by atoms with Gasteiger partial charge in [0.2, 0.25) is 17.7 Å². The Kier molecular flexibility index (Phi) is 4.15. The second-order valence-electron chi connectivity index (χ2n) is 5.48. The number of hydrogen-bond donors (Lipinski definition) is 0. The lowest BCUT2D eigenvalue weighted by atomic mass is 10.1. The Morgan fingerprint density at radius 1 is 1.24 bits per heavy atom. The van der Waals surface area contributed by atoms with E-state index in [0.29, 0.717) is 17.7 Å². The van der Waals surface area contributed by atoms with Crippen LogP contribution in [0, 0.1) is 13.8 Å². The summed E-state index contributed by atoms with van der Waals surface area (Å²) in [6.45, 7) is 6.49. The van der Waals surface area contributed by atoms with E-state index in [-0.39, 0.29) is 6.10 Å². The smallest absolute Gasteiger partial charge is 0.230 e. The van der Waals surface area contributed by atoms with Crippen molar-refractivity contribution in [1.82, 2.24) is 20.1 Å². The first kappa shape index (κ1) is 14.0. The highest BCUT2D eigenvalue weighted by molar-refractivity contribution is 5.16. The molecule has 0 bridgehead atoms. The molecule has 0 unspecified atom stereocenters. The van der Waals surface area contributed by atoms with Crippen molar-refractivity contribution in [2.75, 3.05) is 13.1 Å². The number of piperidine rings is 1. The van der Waals surface area contributed by atoms with Crippen LogP contribution < -0.4 is 4.74 Å². The fourth-order valence-corrected chi connectivity index (χ4v) is 2.47. The first-order valence-corrected chi connectivity index (χ1v) is 7.30. The van der Waals surface area contributed by atoms with Crippen LogP contribution in [0.2, 0.25) is 0 Å². The molecule has 2 aromatic heterocycles. The van der Waals surface area contributed by atoms with Gasteiger partial charge in [0.1, 0.15) is 6.10 Å². The second-order valence-corrected chi connectivity index (χ2v) is 5.48. The van der Waals surface area contributed by atoms with E-state index < -0.39 is 0 Å². The molecule has 0 N–H and O–H groups in total. The highest BCUT2D eigenvalue weighted by Crippen LogP contribution is 2.18. The molecule has 0 atom stereocenters. The second kappa shape index (κ2) is 6.22. The number of ether oxygens (including phenoxy) is 1. The molecule has 2 aromatic rings. The fraction of sp³-hybridized carbons (Fsp3) is 0.533. The monoisotopic (exact) mass is 288 g/mol. The molecule has 0 saturated carbocycles. The highest BCUT2D eigenvalue weighted by Gasteiger charge is 2.22. The number of nitrogens with zero attached hydrogens (tertiary/aromatic N) is 4. The Morgan fingerprint density at radius 2 is 2.05 bits per heavy atom. The van der Waals surface area contributed by atoms with Crippen LogP contribution in [0.3, 0.4) is 0 Å². The van der Waals surface area contributed by atoms with Gasteiger partial charge in [0.25, 0.3) is 0 Å². The first-order chi connectivity index (χ1) is 10.2. The van der Waals surface area contributed by atoms with E-state index in [1.165, 1.54) is 0 Å². The van der Waals surface area contributed by atoms with Crippen LogP contribution in [0.5, 0.6) is 5.88 Å². The normalized spacial score (nSPS) is 17.0. The Labute approximate surface area is 124 Å². The van der Waals surface area contributed by atoms with Gasteiger partial charge in [-0.05, 0) is 25.3 Å². The molecular formula is C15H20N4O2. The molecule has 6 nitrogen and oxygen atoms in total. The zero-order chi connectivity index (χ0) is 14.7. The van der Waals surface area contributed by atoms with Crippen molar-refractivity contribution in [3.8, 4) is 5.88 Å². The van der Waals surface area contributed by atoms with Crippen LogP contribution in [0.1, 0.15) is 30.2 Å². The molecule has 1 fully saturated rings. The van der Waals surface area contributed by atoms with Gasteiger partial charge in [0.15, 0.2) is 0 Å². The molecule has 0 amide bonds. The van der Waals surface area contributed by atoms with E-state index in [4.69, 9.17) is 9.15 Å². The van der Waals surface area contributed by atoms with Crippen LogP contribution >= 0.6 is 0 Å². The van der Waals surface area contributed by atoms with E-state index in [9.17, 15) is 0 Å². The number of rotatable bonds is 4. The standard InChI is InChI=1S/C15H20N4O2/c1-11-3-4-14(16-9-11)21-13-5-7-19(8-6-13)10-15-18-17-12(2)20-15/h3-4,9,13H,5-8,10H2,1-2H3. The molecule has 6 heteroatoms. The third kappa shape index (κ3) is 3.78. The molecule has 0 aromatic carbocycles. The number of aromatic nitrogens is 3. The maximum atomic E-state index is 5.92. The molecule has 1 saturated heterocycles. The summed E-state index contributed by atoms with van der Waals surface area (Å²) in [4.78, 5) is 6.61. The maximum absolute atomic E-state index is 5.92. The maximum Gasteiger partial charge on any atom is 0.230 e. The van der Waals surface area contributed by atoms with Crippen molar-refractivity contribution in [2.45, 2.75) is 39.3 Å². The van der Waals surface area contributed by atoms with E-state index in [1.807, 2.05) is 32.2 Å². The molecule has 0 spiro atoms. The summed E-state index contributed by atoms with van der Waals surface area (Å²) in [5.41, 5.74) is 1.15. The Bertz CT molecular complexity index is 574. The lowest BCUT2D eigenvalue weighted by Gasteiger charge is -2.30. The van der Waals surface area contributed by atoms with Crippen molar-refractivity contribution >= 4 is 0 Å². The number of aryl methyl sites for hydroxylation is 2. The molecule has 0 radical (unpaired) electrons. The lowest BCUT2D eigenvalue weighted by Crippen LogP contribution is -2.38. The van der Waals surface area contributed by atoms with Gasteiger partial charge in [-0.1, -0.05) is 6.07 Å². The molecule has 3 rings (SSSR count). The molecule has 1 aliphatic heterocycles. The molecule has 21 heavy (non-hydrogen) atoms. The van der Waals surface area contributed by atoms with Gasteiger partial charge < -0.3 is 9.15 Å². The van der Waals surface area contributed by atoms with Gasteiger partial charge in [-0.2, -0.15) is 0 Å². The topological polar surface area (TPSA) is 64.3 Å². The summed E-state index contributed by atoms with van der Waals surface area (Å²) in [7, 11) is 0. The van der Waals surface area contributed by atoms with Crippen molar-refractivity contribution in [3.05, 3.63) is 35.7 Å². The minimum Gasteiger partial charge on any atom is -0.474 e. The van der Waals surface area contributed by atoms with Crippen LogP contribution in [-0.4, -0.2) is 39.3 Å². The molecule has 3 heterocycles. The molecular weight excluding hydrogens is 268 g/mol. The van der Waals surface area contributed by atoms with Crippen LogP contribution in [0.4, 0.5) is 0 Å². The summed E-state index contributed by atoms with van der Waals surface area (Å²) < 4.78 is 11.3. The van der Waals surface area contributed by atoms with Gasteiger partial charge in [-0.3, -0.25) is 4.90 Å². The summed E-state index contributed by atoms with van der Waals surface area (Å²) >= 11 is 0. The zero-order valence-electron chi connectivity index (χ0n) is 12.5. The van der Waals surface area contributed by atoms with E-state index in [2.05, 4.69) is 20.1 Å². The predicted molar refractivity (Wildman–Crippen MR) is 76.9 cm³/mol. The van der Waals surface area contributed by atoms with E-state index in [1.54, 1.807) is 0 Å². The largest absolute Gasteiger partial charge is 0.474 e. The Hall–Kier alpha value is -1.95. The summed E-state index contributed by atoms with van der Waals surface area (Å²) in [5.74, 6) is 2.02. The van der Waals surface area contributed by atoms with Crippen LogP contribution in [0.15, 0.2) is 22.7 Å². The average molecular weight is 288 g/mol. The van der Waals surface area contributed by atoms with Crippen LogP contribution in [0.25, 0.3) is 0 Å². The summed E-state index contributed by atoms with van der Waals surface area (Å²) in [6.07, 6.45) is 4.05. The predicted octanol–water partition coefficient (Wildman–Crippen LogP) is 2.12. The molecule has 112 valence electrons. The first-order valence-electron chi connectivity index (χ1n) is 7.30. The van der Waals surface area contributed by atoms with E-state index in [0.717, 1.165) is 38.0 Å². The SMILES string of the molecule is Cc1ccc(OC2CCN(Cc3nnc(C)o3)CC2)nc1. The van der Waals surface area contributed by atoms with Gasteiger partial charge in [-0.15, -0.1) is 10.2 Å². The number of hydrogen-bond acceptors (Lipinski definition) is 6. The number of likely N-dealkylation sites (tertiary alicyclic amines) is 1. The third-order valence-corrected chi connectivity index (χ3v) is 3.63. The van der Waals surface area contributed by atoms with Crippen molar-refractivity contribution < 1.29 is 9.15 Å². The minimum absolute atomic E-state index is 0.237. The molecule has 0 aliphatic carbocycles. The van der Waals surface area contributed by atoms with E-state index >= 15 is 0 Å².